The predicted octanol–water partition coefficient (Wildman–Crippen LogP) is 4.80. The van der Waals surface area contributed by atoms with Gasteiger partial charge in [-0.1, -0.05) is 18.2 Å². The first kappa shape index (κ1) is 29.1. The first-order valence-electron chi connectivity index (χ1n) is 12.3. The van der Waals surface area contributed by atoms with Crippen molar-refractivity contribution in [2.45, 2.75) is 0 Å². The van der Waals surface area contributed by atoms with Gasteiger partial charge in [-0.2, -0.15) is 0 Å². The van der Waals surface area contributed by atoms with Crippen LogP contribution in [0.15, 0.2) is 107 Å². The highest BCUT2D eigenvalue weighted by Gasteiger charge is 2.35. The van der Waals surface area contributed by atoms with Crippen LogP contribution in [0.1, 0.15) is 11.3 Å². The lowest BCUT2D eigenvalue weighted by Gasteiger charge is -2.14. The molecule has 3 aromatic carbocycles. The Morgan fingerprint density at radius 2 is 1.14 bits per heavy atom. The van der Waals surface area contributed by atoms with Crippen molar-refractivity contribution in [3.63, 3.8) is 0 Å². The molecule has 42 heavy (non-hydrogen) atoms. The lowest BCUT2D eigenvalue weighted by Crippen LogP contribution is -2.35. The molecule has 2 aliphatic heterocycles. The van der Waals surface area contributed by atoms with Gasteiger partial charge in [-0.15, -0.1) is 0 Å². The third kappa shape index (κ3) is 6.38. The molecule has 0 radical (unpaired) electrons. The molecule has 3 heterocycles. The number of rotatable bonds is 4. The van der Waals surface area contributed by atoms with Gasteiger partial charge >= 0.3 is 0 Å². The van der Waals surface area contributed by atoms with E-state index in [0.717, 1.165) is 7.14 Å². The highest BCUT2D eigenvalue weighted by Crippen LogP contribution is 2.25. The minimum atomic E-state index is -0.494. The number of benzene rings is 3. The highest BCUT2D eigenvalue weighted by molar-refractivity contribution is 14.1. The molecular weight excluding hydrogens is 766 g/mol. The summed E-state index contributed by atoms with van der Waals surface area (Å²) in [4.78, 5) is 48.6. The summed E-state index contributed by atoms with van der Waals surface area (Å²) in [5.41, 5.74) is 6.72. The molecule has 0 unspecified atom stereocenters. The molecule has 2 fully saturated rings. The molecule has 10 nitrogen and oxygen atoms in total. The smallest absolute Gasteiger partial charge is 0.282 e. The Labute approximate surface area is 266 Å². The van der Waals surface area contributed by atoms with Crippen molar-refractivity contribution in [1.82, 2.24) is 10.9 Å². The van der Waals surface area contributed by atoms with Crippen LogP contribution in [0.5, 0.6) is 5.75 Å². The van der Waals surface area contributed by atoms with Crippen molar-refractivity contribution in [2.75, 3.05) is 10.0 Å². The normalized spacial score (nSPS) is 16.5. The van der Waals surface area contributed by atoms with Crippen LogP contribution in [0.2, 0.25) is 0 Å². The predicted molar refractivity (Wildman–Crippen MR) is 172 cm³/mol. The minimum absolute atomic E-state index is 0.0138. The number of amides is 4. The van der Waals surface area contributed by atoms with Crippen molar-refractivity contribution in [1.29, 1.82) is 0 Å². The number of hydrogen-bond donors (Lipinski definition) is 3. The monoisotopic (exact) mass is 786 g/mol. The Kier molecular flexibility index (Phi) is 8.72. The van der Waals surface area contributed by atoms with E-state index < -0.39 is 23.6 Å². The maximum atomic E-state index is 12.4. The molecule has 0 atom stereocenters. The second kappa shape index (κ2) is 12.6. The van der Waals surface area contributed by atoms with E-state index in [-0.39, 0.29) is 16.9 Å². The summed E-state index contributed by atoms with van der Waals surface area (Å²) in [6.45, 7) is 0. The first-order chi connectivity index (χ1) is 20.2. The van der Waals surface area contributed by atoms with Gasteiger partial charge in [-0.3, -0.25) is 30.0 Å². The molecule has 2 saturated heterocycles. The van der Waals surface area contributed by atoms with Crippen LogP contribution in [0, 0.1) is 7.14 Å². The van der Waals surface area contributed by atoms with E-state index in [0.29, 0.717) is 22.7 Å². The Bertz CT molecular complexity index is 1730. The molecule has 0 bridgehead atoms. The van der Waals surface area contributed by atoms with Gasteiger partial charge in [0.1, 0.15) is 22.7 Å². The molecule has 12 heteroatoms. The van der Waals surface area contributed by atoms with Crippen LogP contribution >= 0.6 is 45.2 Å². The number of para-hydroxylation sites is 1. The summed E-state index contributed by atoms with van der Waals surface area (Å²) in [5, 5.41) is 12.2. The molecule has 1 aromatic heterocycles. The van der Waals surface area contributed by atoms with Crippen molar-refractivity contribution in [3.8, 4) is 5.75 Å². The fraction of sp³-hybridized carbons (Fsp3) is 0. The van der Waals surface area contributed by atoms with Gasteiger partial charge < -0.3 is 9.52 Å². The van der Waals surface area contributed by atoms with Crippen LogP contribution < -0.4 is 20.9 Å². The average Bonchev–Trinajstić information content (AvgIpc) is 3.67. The molecule has 6 rings (SSSR count). The summed E-state index contributed by atoms with van der Waals surface area (Å²) in [6.07, 6.45) is 4.31. The number of nitrogens with one attached hydrogen (secondary N) is 2. The van der Waals surface area contributed by atoms with E-state index in [1.165, 1.54) is 34.5 Å². The maximum absolute atomic E-state index is 12.4. The van der Waals surface area contributed by atoms with Gasteiger partial charge in [0.15, 0.2) is 0 Å². The molecule has 2 aliphatic rings. The molecule has 0 spiro atoms. The summed E-state index contributed by atoms with van der Waals surface area (Å²) in [6, 6.07) is 24.4. The summed E-state index contributed by atoms with van der Waals surface area (Å²) in [7, 11) is 0. The van der Waals surface area contributed by atoms with Crippen LogP contribution in [-0.4, -0.2) is 28.7 Å². The largest absolute Gasteiger partial charge is 0.507 e. The Morgan fingerprint density at radius 1 is 0.643 bits per heavy atom. The third-order valence-corrected chi connectivity index (χ3v) is 7.46. The van der Waals surface area contributed by atoms with Gasteiger partial charge in [0, 0.05) is 12.7 Å². The van der Waals surface area contributed by atoms with Crippen LogP contribution in [-0.2, 0) is 19.2 Å². The van der Waals surface area contributed by atoms with E-state index >= 15 is 0 Å². The SMILES string of the molecule is O=C1NN(c2ccc(I)cc2)C(=O)C1=Cc1ccccc1O.O=C1NN(c2ccc(I)cc2)C(=O)C1=Cc1ccco1. The van der Waals surface area contributed by atoms with Gasteiger partial charge in [-0.25, -0.2) is 10.0 Å². The van der Waals surface area contributed by atoms with Gasteiger partial charge in [0.2, 0.25) is 0 Å². The standard InChI is InChI=1S/C16H11IN2O3.C14H9IN2O3/c17-11-5-7-12(8-6-11)19-16(22)13(15(21)18-19)9-10-3-1-2-4-14(10)20;15-9-3-5-10(6-4-9)17-14(19)12(13(18)16-17)8-11-2-1-7-20-11/h1-9,20H,(H,18,21);1-8H,(H,16,18). The number of hydrogen-bond acceptors (Lipinski definition) is 6. The number of carbonyl (C=O) groups excluding carboxylic acids is 4. The first-order valence-corrected chi connectivity index (χ1v) is 14.4. The zero-order valence-electron chi connectivity index (χ0n) is 21.5. The van der Waals surface area contributed by atoms with Crippen LogP contribution in [0.4, 0.5) is 11.4 Å². The van der Waals surface area contributed by atoms with E-state index in [1.54, 1.807) is 54.6 Å². The quantitative estimate of drug-likeness (QED) is 0.155. The zero-order chi connectivity index (χ0) is 29.8. The van der Waals surface area contributed by atoms with Crippen molar-refractivity contribution in [3.05, 3.63) is 121 Å². The van der Waals surface area contributed by atoms with Crippen molar-refractivity contribution in [2.24, 2.45) is 0 Å². The highest BCUT2D eigenvalue weighted by atomic mass is 127. The maximum Gasteiger partial charge on any atom is 0.282 e. The van der Waals surface area contributed by atoms with E-state index in [2.05, 4.69) is 56.0 Å². The lowest BCUT2D eigenvalue weighted by atomic mass is 10.1. The van der Waals surface area contributed by atoms with E-state index in [4.69, 9.17) is 4.42 Å². The molecule has 210 valence electrons. The fourth-order valence-electron chi connectivity index (χ4n) is 3.94. The second-order valence-corrected chi connectivity index (χ2v) is 11.3. The summed E-state index contributed by atoms with van der Waals surface area (Å²) >= 11 is 4.33. The molecular formula is C30H20I2N4O6. The number of aromatic hydroxyl groups is 1. The molecule has 3 N–H and O–H groups in total. The van der Waals surface area contributed by atoms with Crippen LogP contribution in [0.25, 0.3) is 12.2 Å². The number of hydrazine groups is 2. The number of nitrogens with zero attached hydrogens (tertiary/aromatic N) is 2. The number of carbonyl (C=O) groups is 4. The Balaban J connectivity index is 0.000000169. The van der Waals surface area contributed by atoms with Crippen LogP contribution in [0.3, 0.4) is 0 Å². The number of anilines is 2. The number of furan rings is 1. The van der Waals surface area contributed by atoms with E-state index in [9.17, 15) is 24.3 Å². The third-order valence-electron chi connectivity index (χ3n) is 6.02. The number of halogens is 2. The molecule has 4 amide bonds. The topological polar surface area (TPSA) is 132 Å². The molecule has 4 aromatic rings. The minimum Gasteiger partial charge on any atom is -0.507 e. The van der Waals surface area contributed by atoms with E-state index in [1.807, 2.05) is 24.3 Å². The number of phenols is 1. The lowest BCUT2D eigenvalue weighted by molar-refractivity contribution is -0.118. The van der Waals surface area contributed by atoms with Gasteiger partial charge in [0.25, 0.3) is 23.6 Å². The zero-order valence-corrected chi connectivity index (χ0v) is 25.8. The average molecular weight is 786 g/mol. The van der Waals surface area contributed by atoms with Crippen molar-refractivity contribution < 1.29 is 28.7 Å². The van der Waals surface area contributed by atoms with Gasteiger partial charge in [-0.05, 0) is 124 Å². The Hall–Kier alpha value is -4.44. The Morgan fingerprint density at radius 3 is 1.62 bits per heavy atom. The summed E-state index contributed by atoms with van der Waals surface area (Å²) < 4.78 is 7.20. The second-order valence-electron chi connectivity index (χ2n) is 8.81. The van der Waals surface area contributed by atoms with Crippen molar-refractivity contribution >= 4 is 92.3 Å². The fourth-order valence-corrected chi connectivity index (χ4v) is 4.66. The summed E-state index contributed by atoms with van der Waals surface area (Å²) in [5.74, 6) is -1.30. The molecule has 0 saturated carbocycles. The van der Waals surface area contributed by atoms with Gasteiger partial charge in [0.05, 0.1) is 17.6 Å². The molecule has 0 aliphatic carbocycles. The number of phenolic OH excluding ortho intramolecular Hbond substituents is 1.